The van der Waals surface area contributed by atoms with Crippen LogP contribution in [0, 0.1) is 0 Å². The van der Waals surface area contributed by atoms with Gasteiger partial charge < -0.3 is 25.2 Å². The van der Waals surface area contributed by atoms with Crippen molar-refractivity contribution in [3.8, 4) is 5.75 Å². The van der Waals surface area contributed by atoms with Gasteiger partial charge in [0.1, 0.15) is 5.75 Å². The molecule has 2 aliphatic heterocycles. The zero-order chi connectivity index (χ0) is 24.2. The summed E-state index contributed by atoms with van der Waals surface area (Å²) in [5.74, 6) is 0.743. The Hall–Kier alpha value is -4.00. The SMILES string of the molecule is COc1ccc(NC(=O)Nc2ccc(N3CCc4ccccc4C3)c(C(=O)N3CCCC3)c2)cc1. The molecular weight excluding hydrogens is 440 g/mol. The van der Waals surface area contributed by atoms with Gasteiger partial charge in [-0.15, -0.1) is 0 Å². The first-order valence-electron chi connectivity index (χ1n) is 12.1. The summed E-state index contributed by atoms with van der Waals surface area (Å²) in [5.41, 5.74) is 5.44. The van der Waals surface area contributed by atoms with E-state index < -0.39 is 0 Å². The lowest BCUT2D eigenvalue weighted by Crippen LogP contribution is -2.34. The fraction of sp³-hybridized carbons (Fsp3) is 0.286. The van der Waals surface area contributed by atoms with Crippen LogP contribution in [-0.2, 0) is 13.0 Å². The molecule has 2 aliphatic rings. The highest BCUT2D eigenvalue weighted by Gasteiger charge is 2.26. The third kappa shape index (κ3) is 5.09. The van der Waals surface area contributed by atoms with Crippen molar-refractivity contribution in [2.75, 3.05) is 42.3 Å². The molecular formula is C28H30N4O3. The maximum Gasteiger partial charge on any atom is 0.323 e. The molecule has 7 heteroatoms. The summed E-state index contributed by atoms with van der Waals surface area (Å²) in [7, 11) is 1.60. The number of methoxy groups -OCH3 is 1. The molecule has 0 unspecified atom stereocenters. The van der Waals surface area contributed by atoms with Crippen molar-refractivity contribution in [2.24, 2.45) is 0 Å². The Morgan fingerprint density at radius 3 is 2.26 bits per heavy atom. The lowest BCUT2D eigenvalue weighted by Gasteiger charge is -2.33. The predicted molar refractivity (Wildman–Crippen MR) is 138 cm³/mol. The number of ether oxygens (including phenoxy) is 1. The Morgan fingerprint density at radius 2 is 1.51 bits per heavy atom. The van der Waals surface area contributed by atoms with Crippen molar-refractivity contribution < 1.29 is 14.3 Å². The van der Waals surface area contributed by atoms with Gasteiger partial charge in [0.05, 0.1) is 12.7 Å². The molecule has 180 valence electrons. The summed E-state index contributed by atoms with van der Waals surface area (Å²) in [5, 5.41) is 5.70. The molecule has 0 radical (unpaired) electrons. The van der Waals surface area contributed by atoms with Crippen LogP contribution in [0.5, 0.6) is 5.75 Å². The number of likely N-dealkylation sites (tertiary alicyclic amines) is 1. The van der Waals surface area contributed by atoms with E-state index >= 15 is 0 Å². The molecule has 2 heterocycles. The number of urea groups is 1. The van der Waals surface area contributed by atoms with Crippen molar-refractivity contribution in [1.29, 1.82) is 0 Å². The second kappa shape index (κ2) is 10.1. The van der Waals surface area contributed by atoms with Crippen LogP contribution in [0.1, 0.15) is 34.3 Å². The molecule has 1 saturated heterocycles. The monoisotopic (exact) mass is 470 g/mol. The fourth-order valence-electron chi connectivity index (χ4n) is 4.82. The standard InChI is InChI=1S/C28H30N4O3/c1-35-24-11-8-22(9-12-24)29-28(34)30-23-10-13-26(25(18-23)27(33)31-15-4-5-16-31)32-17-14-20-6-2-3-7-21(20)19-32/h2-3,6-13,18H,4-5,14-17,19H2,1H3,(H2,29,30,34). The molecule has 3 amide bonds. The minimum absolute atomic E-state index is 0.0237. The number of carbonyl (C=O) groups is 2. The maximum absolute atomic E-state index is 13.5. The van der Waals surface area contributed by atoms with Gasteiger partial charge >= 0.3 is 6.03 Å². The number of nitrogens with zero attached hydrogens (tertiary/aromatic N) is 2. The number of anilines is 3. The molecule has 5 rings (SSSR count). The highest BCUT2D eigenvalue weighted by Crippen LogP contribution is 2.31. The number of carbonyl (C=O) groups excluding carboxylic acids is 2. The van der Waals surface area contributed by atoms with E-state index in [0.29, 0.717) is 16.9 Å². The van der Waals surface area contributed by atoms with E-state index in [2.05, 4.69) is 39.8 Å². The van der Waals surface area contributed by atoms with Gasteiger partial charge in [-0.3, -0.25) is 4.79 Å². The first-order chi connectivity index (χ1) is 17.1. The molecule has 3 aromatic rings. The van der Waals surface area contributed by atoms with Gasteiger partial charge in [0.15, 0.2) is 0 Å². The van der Waals surface area contributed by atoms with Gasteiger partial charge in [0, 0.05) is 43.2 Å². The molecule has 3 aromatic carbocycles. The van der Waals surface area contributed by atoms with Gasteiger partial charge in [-0.1, -0.05) is 24.3 Å². The number of hydrogen-bond donors (Lipinski definition) is 2. The molecule has 0 bridgehead atoms. The molecule has 0 aromatic heterocycles. The number of rotatable bonds is 5. The Labute approximate surface area is 205 Å². The van der Waals surface area contributed by atoms with E-state index in [9.17, 15) is 9.59 Å². The second-order valence-electron chi connectivity index (χ2n) is 8.98. The van der Waals surface area contributed by atoms with E-state index in [1.807, 2.05) is 23.1 Å². The normalized spacial score (nSPS) is 14.9. The van der Waals surface area contributed by atoms with Crippen LogP contribution in [0.25, 0.3) is 0 Å². The molecule has 0 aliphatic carbocycles. The Balaban J connectivity index is 1.38. The summed E-state index contributed by atoms with van der Waals surface area (Å²) in [4.78, 5) is 30.3. The third-order valence-electron chi connectivity index (χ3n) is 6.70. The van der Waals surface area contributed by atoms with Gasteiger partial charge in [0.2, 0.25) is 0 Å². The molecule has 7 nitrogen and oxygen atoms in total. The van der Waals surface area contributed by atoms with Crippen LogP contribution in [-0.4, -0.2) is 43.6 Å². The Bertz CT molecular complexity index is 1220. The summed E-state index contributed by atoms with van der Waals surface area (Å²) < 4.78 is 5.16. The topological polar surface area (TPSA) is 73.9 Å². The Kier molecular flexibility index (Phi) is 6.57. The van der Waals surface area contributed by atoms with Crippen molar-refractivity contribution in [3.05, 3.63) is 83.4 Å². The number of nitrogens with one attached hydrogen (secondary N) is 2. The zero-order valence-corrected chi connectivity index (χ0v) is 19.9. The molecule has 2 N–H and O–H groups in total. The summed E-state index contributed by atoms with van der Waals surface area (Å²) in [6, 6.07) is 20.9. The van der Waals surface area contributed by atoms with E-state index in [-0.39, 0.29) is 11.9 Å². The van der Waals surface area contributed by atoms with E-state index in [1.165, 1.54) is 11.1 Å². The molecule has 0 atom stereocenters. The van der Waals surface area contributed by atoms with E-state index in [4.69, 9.17) is 4.74 Å². The predicted octanol–water partition coefficient (Wildman–Crippen LogP) is 5.14. The highest BCUT2D eigenvalue weighted by molar-refractivity contribution is 6.04. The minimum Gasteiger partial charge on any atom is -0.497 e. The first kappa shape index (κ1) is 22.8. The quantitative estimate of drug-likeness (QED) is 0.542. The van der Waals surface area contributed by atoms with Crippen LogP contribution in [0.15, 0.2) is 66.7 Å². The third-order valence-corrected chi connectivity index (χ3v) is 6.70. The van der Waals surface area contributed by atoms with E-state index in [0.717, 1.165) is 56.9 Å². The molecule has 35 heavy (non-hydrogen) atoms. The minimum atomic E-state index is -0.366. The molecule has 1 fully saturated rings. The van der Waals surface area contributed by atoms with Gasteiger partial charge in [-0.05, 0) is 72.9 Å². The lowest BCUT2D eigenvalue weighted by molar-refractivity contribution is 0.0793. The van der Waals surface area contributed by atoms with Crippen molar-refractivity contribution in [1.82, 2.24) is 4.90 Å². The Morgan fingerprint density at radius 1 is 0.829 bits per heavy atom. The van der Waals surface area contributed by atoms with Gasteiger partial charge in [-0.25, -0.2) is 4.79 Å². The van der Waals surface area contributed by atoms with Gasteiger partial charge in [0.25, 0.3) is 5.91 Å². The number of benzene rings is 3. The average molecular weight is 471 g/mol. The van der Waals surface area contributed by atoms with Crippen LogP contribution < -0.4 is 20.3 Å². The maximum atomic E-state index is 13.5. The summed E-state index contributed by atoms with van der Waals surface area (Å²) in [6.45, 7) is 3.16. The number of fused-ring (bicyclic) bond motifs is 1. The van der Waals surface area contributed by atoms with Crippen LogP contribution in [0.4, 0.5) is 21.9 Å². The average Bonchev–Trinajstić information content (AvgIpc) is 3.43. The van der Waals surface area contributed by atoms with Crippen LogP contribution in [0.2, 0.25) is 0 Å². The van der Waals surface area contributed by atoms with Crippen molar-refractivity contribution in [2.45, 2.75) is 25.8 Å². The lowest BCUT2D eigenvalue weighted by atomic mass is 9.98. The zero-order valence-electron chi connectivity index (χ0n) is 19.9. The number of amides is 3. The second-order valence-corrected chi connectivity index (χ2v) is 8.98. The molecule has 0 spiro atoms. The first-order valence-corrected chi connectivity index (χ1v) is 12.1. The molecule has 0 saturated carbocycles. The van der Waals surface area contributed by atoms with Crippen molar-refractivity contribution in [3.63, 3.8) is 0 Å². The number of hydrogen-bond acceptors (Lipinski definition) is 4. The smallest absolute Gasteiger partial charge is 0.323 e. The van der Waals surface area contributed by atoms with Crippen LogP contribution >= 0.6 is 0 Å². The summed E-state index contributed by atoms with van der Waals surface area (Å²) >= 11 is 0. The fourth-order valence-corrected chi connectivity index (χ4v) is 4.82. The van der Waals surface area contributed by atoms with E-state index in [1.54, 1.807) is 31.4 Å². The van der Waals surface area contributed by atoms with Crippen LogP contribution in [0.3, 0.4) is 0 Å². The van der Waals surface area contributed by atoms with Crippen molar-refractivity contribution >= 4 is 29.0 Å². The highest BCUT2D eigenvalue weighted by atomic mass is 16.5. The van der Waals surface area contributed by atoms with Gasteiger partial charge in [-0.2, -0.15) is 0 Å². The summed E-state index contributed by atoms with van der Waals surface area (Å²) in [6.07, 6.45) is 3.00. The largest absolute Gasteiger partial charge is 0.497 e.